The maximum Gasteiger partial charge on any atom is 0.233 e. The van der Waals surface area contributed by atoms with Crippen molar-refractivity contribution >= 4 is 50.3 Å². The number of piperazine rings is 1. The molecule has 0 unspecified atom stereocenters. The van der Waals surface area contributed by atoms with Gasteiger partial charge in [0.2, 0.25) is 5.91 Å². The molecule has 0 saturated carbocycles. The van der Waals surface area contributed by atoms with E-state index in [0.29, 0.717) is 18.1 Å². The Kier molecular flexibility index (Phi) is 5.62. The first-order valence-electron chi connectivity index (χ1n) is 10.6. The average molecular weight is 504 g/mol. The molecule has 0 aliphatic carbocycles. The van der Waals surface area contributed by atoms with Gasteiger partial charge < -0.3 is 20.1 Å². The number of benzene rings is 1. The van der Waals surface area contributed by atoms with Crippen LogP contribution in [0.5, 0.6) is 0 Å². The second-order valence-electron chi connectivity index (χ2n) is 8.18. The van der Waals surface area contributed by atoms with Crippen LogP contribution in [0.4, 0.5) is 5.82 Å². The molecule has 3 aromatic rings. The molecule has 162 valence electrons. The van der Waals surface area contributed by atoms with E-state index < -0.39 is 5.41 Å². The van der Waals surface area contributed by atoms with Crippen LogP contribution in [-0.4, -0.2) is 65.0 Å². The van der Waals surface area contributed by atoms with Crippen molar-refractivity contribution in [3.63, 3.8) is 0 Å². The minimum atomic E-state index is -0.482. The molecule has 0 atom stereocenters. The highest BCUT2D eigenvalue weighted by Crippen LogP contribution is 2.37. The minimum Gasteiger partial charge on any atom is -0.352 e. The van der Waals surface area contributed by atoms with Crippen molar-refractivity contribution in [2.24, 2.45) is 0 Å². The molecule has 2 aliphatic rings. The first kappa shape index (κ1) is 20.7. The number of hydrogen-bond acceptors (Lipinski definition) is 5. The van der Waals surface area contributed by atoms with Crippen LogP contribution in [-0.2, 0) is 10.2 Å². The number of aromatic nitrogens is 3. The molecule has 2 aromatic heterocycles. The average Bonchev–Trinajstić information content (AvgIpc) is 3.21. The van der Waals surface area contributed by atoms with E-state index >= 15 is 0 Å². The van der Waals surface area contributed by atoms with Crippen LogP contribution < -0.4 is 10.2 Å². The number of rotatable bonds is 3. The Morgan fingerprint density at radius 2 is 1.77 bits per heavy atom. The summed E-state index contributed by atoms with van der Waals surface area (Å²) in [4.78, 5) is 30.1. The quantitative estimate of drug-likeness (QED) is 0.573. The van der Waals surface area contributed by atoms with Gasteiger partial charge in [0.25, 0.3) is 0 Å². The first-order chi connectivity index (χ1) is 15.1. The lowest BCUT2D eigenvalue weighted by atomic mass is 9.72. The predicted molar refractivity (Wildman–Crippen MR) is 126 cm³/mol. The van der Waals surface area contributed by atoms with Gasteiger partial charge in [-0.2, -0.15) is 0 Å². The lowest BCUT2D eigenvalue weighted by Gasteiger charge is -2.43. The zero-order valence-electron chi connectivity index (χ0n) is 17.1. The van der Waals surface area contributed by atoms with Gasteiger partial charge in [-0.05, 0) is 59.6 Å². The van der Waals surface area contributed by atoms with Crippen molar-refractivity contribution in [2.75, 3.05) is 44.2 Å². The third-order valence-electron chi connectivity index (χ3n) is 6.53. The predicted octanol–water partition coefficient (Wildman–Crippen LogP) is 3.34. The Hall–Kier alpha value is -2.16. The third kappa shape index (κ3) is 3.70. The summed E-state index contributed by atoms with van der Waals surface area (Å²) in [6.45, 7) is 4.52. The SMILES string of the molecule is O=C(N1CCN(c2ncnc3[nH]cc(Br)c23)CC1)C1(c2ccc(Cl)cc2)CCNCC1. The Morgan fingerprint density at radius 3 is 2.48 bits per heavy atom. The number of nitrogens with zero attached hydrogens (tertiary/aromatic N) is 4. The summed E-state index contributed by atoms with van der Waals surface area (Å²) in [5.74, 6) is 1.13. The highest BCUT2D eigenvalue weighted by molar-refractivity contribution is 9.10. The van der Waals surface area contributed by atoms with Crippen LogP contribution in [0.1, 0.15) is 18.4 Å². The van der Waals surface area contributed by atoms with Crippen molar-refractivity contribution in [2.45, 2.75) is 18.3 Å². The zero-order valence-corrected chi connectivity index (χ0v) is 19.4. The van der Waals surface area contributed by atoms with Gasteiger partial charge >= 0.3 is 0 Å². The van der Waals surface area contributed by atoms with Crippen molar-refractivity contribution in [1.82, 2.24) is 25.2 Å². The summed E-state index contributed by atoms with van der Waals surface area (Å²) >= 11 is 9.71. The fourth-order valence-electron chi connectivity index (χ4n) is 4.82. The zero-order chi connectivity index (χ0) is 21.4. The van der Waals surface area contributed by atoms with Crippen molar-refractivity contribution in [1.29, 1.82) is 0 Å². The summed E-state index contributed by atoms with van der Waals surface area (Å²) in [7, 11) is 0. The molecule has 7 nitrogen and oxygen atoms in total. The van der Waals surface area contributed by atoms with E-state index in [4.69, 9.17) is 11.6 Å². The monoisotopic (exact) mass is 502 g/mol. The van der Waals surface area contributed by atoms with Gasteiger partial charge in [0.05, 0.1) is 10.8 Å². The molecule has 9 heteroatoms. The second-order valence-corrected chi connectivity index (χ2v) is 9.47. The van der Waals surface area contributed by atoms with Crippen molar-refractivity contribution < 1.29 is 4.79 Å². The summed E-state index contributed by atoms with van der Waals surface area (Å²) in [6, 6.07) is 7.81. The van der Waals surface area contributed by atoms with Gasteiger partial charge in [-0.3, -0.25) is 4.79 Å². The molecule has 0 bridgehead atoms. The Labute approximate surface area is 194 Å². The highest BCUT2D eigenvalue weighted by Gasteiger charge is 2.44. The van der Waals surface area contributed by atoms with Gasteiger partial charge in [-0.15, -0.1) is 0 Å². The van der Waals surface area contributed by atoms with Crippen molar-refractivity contribution in [3.05, 3.63) is 51.8 Å². The van der Waals surface area contributed by atoms with Gasteiger partial charge in [0.15, 0.2) is 0 Å². The summed E-state index contributed by atoms with van der Waals surface area (Å²) < 4.78 is 0.952. The Bertz CT molecular complexity index is 1090. The molecule has 4 heterocycles. The van der Waals surface area contributed by atoms with Gasteiger partial charge in [0, 0.05) is 41.9 Å². The van der Waals surface area contributed by atoms with E-state index in [-0.39, 0.29) is 5.91 Å². The second kappa shape index (κ2) is 8.41. The molecule has 2 aliphatic heterocycles. The number of nitrogens with one attached hydrogen (secondary N) is 2. The standard InChI is InChI=1S/C22H24BrClN6O/c23-17-13-26-19-18(17)20(28-14-27-19)29-9-11-30(12-10-29)21(31)22(5-7-25-8-6-22)15-1-3-16(24)4-2-15/h1-4,13-14,25H,5-12H2,(H,26,27,28). The molecular weight excluding hydrogens is 480 g/mol. The molecule has 2 fully saturated rings. The van der Waals surface area contributed by atoms with Gasteiger partial charge in [0.1, 0.15) is 17.8 Å². The Morgan fingerprint density at radius 1 is 1.06 bits per heavy atom. The number of piperidine rings is 1. The maximum absolute atomic E-state index is 13.8. The van der Waals surface area contributed by atoms with E-state index in [1.807, 2.05) is 35.4 Å². The molecule has 31 heavy (non-hydrogen) atoms. The molecular formula is C22H24BrClN6O. The number of H-pyrrole nitrogens is 1. The number of amides is 1. The fourth-order valence-corrected chi connectivity index (χ4v) is 5.43. The van der Waals surface area contributed by atoms with E-state index in [1.54, 1.807) is 6.33 Å². The lowest BCUT2D eigenvalue weighted by Crippen LogP contribution is -2.57. The number of aromatic amines is 1. The number of fused-ring (bicyclic) bond motifs is 1. The van der Waals surface area contributed by atoms with Crippen LogP contribution in [0.25, 0.3) is 11.0 Å². The number of anilines is 1. The first-order valence-corrected chi connectivity index (χ1v) is 11.7. The fraction of sp³-hybridized carbons (Fsp3) is 0.409. The summed E-state index contributed by atoms with van der Waals surface area (Å²) in [5, 5.41) is 5.08. The molecule has 1 amide bonds. The largest absolute Gasteiger partial charge is 0.352 e. The maximum atomic E-state index is 13.8. The molecule has 2 saturated heterocycles. The molecule has 2 N–H and O–H groups in total. The normalized spacial score (nSPS) is 19.0. The highest BCUT2D eigenvalue weighted by atomic mass is 79.9. The van der Waals surface area contributed by atoms with E-state index in [9.17, 15) is 4.79 Å². The molecule has 5 rings (SSSR count). The van der Waals surface area contributed by atoms with Gasteiger partial charge in [-0.25, -0.2) is 9.97 Å². The van der Waals surface area contributed by atoms with Crippen LogP contribution in [0.2, 0.25) is 5.02 Å². The summed E-state index contributed by atoms with van der Waals surface area (Å²) in [6.07, 6.45) is 5.07. The van der Waals surface area contributed by atoms with Crippen LogP contribution in [0.15, 0.2) is 41.3 Å². The van der Waals surface area contributed by atoms with E-state index in [0.717, 1.165) is 65.9 Å². The number of carbonyl (C=O) groups excluding carboxylic acids is 1. The molecule has 0 spiro atoms. The minimum absolute atomic E-state index is 0.228. The topological polar surface area (TPSA) is 77.2 Å². The van der Waals surface area contributed by atoms with Crippen LogP contribution >= 0.6 is 27.5 Å². The van der Waals surface area contributed by atoms with Crippen LogP contribution in [0, 0.1) is 0 Å². The van der Waals surface area contributed by atoms with Gasteiger partial charge in [-0.1, -0.05) is 23.7 Å². The lowest BCUT2D eigenvalue weighted by molar-refractivity contribution is -0.139. The molecule has 0 radical (unpaired) electrons. The van der Waals surface area contributed by atoms with E-state index in [2.05, 4.69) is 41.1 Å². The third-order valence-corrected chi connectivity index (χ3v) is 7.41. The smallest absolute Gasteiger partial charge is 0.233 e. The number of carbonyl (C=O) groups is 1. The summed E-state index contributed by atoms with van der Waals surface area (Å²) in [5.41, 5.74) is 1.40. The van der Waals surface area contributed by atoms with Crippen LogP contribution in [0.3, 0.4) is 0 Å². The van der Waals surface area contributed by atoms with E-state index in [1.165, 1.54) is 0 Å². The Balaban J connectivity index is 1.37. The number of hydrogen-bond donors (Lipinski definition) is 2. The van der Waals surface area contributed by atoms with Crippen molar-refractivity contribution in [3.8, 4) is 0 Å². The number of halogens is 2. The molecule has 1 aromatic carbocycles.